The second-order valence-electron chi connectivity index (χ2n) is 4.42. The fourth-order valence-corrected chi connectivity index (χ4v) is 1.81. The van der Waals surface area contributed by atoms with Crippen LogP contribution in [0.2, 0.25) is 0 Å². The van der Waals surface area contributed by atoms with Crippen LogP contribution in [0.4, 0.5) is 4.79 Å². The average Bonchev–Trinajstić information content (AvgIpc) is 1.96. The van der Waals surface area contributed by atoms with E-state index < -0.39 is 33.4 Å². The molecule has 100 valence electrons. The molecule has 0 spiro atoms. The average molecular weight is 267 g/mol. The number of nitrogens with one attached hydrogen (secondary N) is 1. The van der Waals surface area contributed by atoms with Gasteiger partial charge in [-0.15, -0.1) is 0 Å². The summed E-state index contributed by atoms with van der Waals surface area (Å²) in [5.41, 5.74) is -0.791. The monoisotopic (exact) mass is 267 g/mol. The number of rotatable bonds is 5. The number of sulfonamides is 1. The summed E-state index contributed by atoms with van der Waals surface area (Å²) in [4.78, 5) is 21.3. The van der Waals surface area contributed by atoms with E-state index in [1.807, 2.05) is 0 Å². The molecule has 0 rings (SSSR count). The second-order valence-corrected chi connectivity index (χ2v) is 6.26. The van der Waals surface area contributed by atoms with Gasteiger partial charge in [0.25, 0.3) is 0 Å². The van der Waals surface area contributed by atoms with Crippen LogP contribution >= 0.6 is 0 Å². The van der Waals surface area contributed by atoms with Gasteiger partial charge in [-0.05, 0) is 27.2 Å². The topological polar surface area (TPSA) is 110 Å². The first-order chi connectivity index (χ1) is 7.52. The van der Waals surface area contributed by atoms with Crippen LogP contribution in [0.15, 0.2) is 0 Å². The maximum absolute atomic E-state index is 11.3. The molecule has 0 radical (unpaired) electrons. The minimum Gasteiger partial charge on any atom is -0.481 e. The lowest BCUT2D eigenvalue weighted by atomic mass is 10.2. The van der Waals surface area contributed by atoms with Gasteiger partial charge in [0.1, 0.15) is 5.60 Å². The van der Waals surface area contributed by atoms with Crippen LogP contribution in [-0.2, 0) is 19.6 Å². The number of carboxylic acids is 1. The maximum Gasteiger partial charge on any atom is 0.421 e. The normalized spacial score (nSPS) is 11.9. The summed E-state index contributed by atoms with van der Waals surface area (Å²) in [7, 11) is -3.84. The molecule has 0 aliphatic heterocycles. The van der Waals surface area contributed by atoms with Crippen molar-refractivity contribution in [3.05, 3.63) is 0 Å². The Morgan fingerprint density at radius 2 is 1.82 bits per heavy atom. The number of carbonyl (C=O) groups is 2. The Balaban J connectivity index is 4.17. The van der Waals surface area contributed by atoms with Crippen LogP contribution < -0.4 is 4.72 Å². The third kappa shape index (κ3) is 9.61. The minimum absolute atomic E-state index is 0.0620. The molecule has 1 amide bonds. The molecule has 0 aromatic rings. The lowest BCUT2D eigenvalue weighted by molar-refractivity contribution is -0.137. The molecule has 0 atom stereocenters. The zero-order valence-electron chi connectivity index (χ0n) is 10.0. The maximum atomic E-state index is 11.3. The fourth-order valence-electron chi connectivity index (χ4n) is 0.890. The molecule has 0 unspecified atom stereocenters. The zero-order chi connectivity index (χ0) is 13.7. The van der Waals surface area contributed by atoms with E-state index in [-0.39, 0.29) is 12.8 Å². The molecule has 7 nitrogen and oxygen atoms in total. The van der Waals surface area contributed by atoms with Crippen molar-refractivity contribution in [1.82, 2.24) is 4.72 Å². The molecule has 0 aliphatic carbocycles. The zero-order valence-corrected chi connectivity index (χ0v) is 10.8. The van der Waals surface area contributed by atoms with Crippen molar-refractivity contribution in [2.24, 2.45) is 0 Å². The second kappa shape index (κ2) is 5.85. The fraction of sp³-hybridized carbons (Fsp3) is 0.778. The molecule has 0 saturated heterocycles. The number of carbonyl (C=O) groups excluding carboxylic acids is 1. The van der Waals surface area contributed by atoms with Gasteiger partial charge in [-0.25, -0.2) is 17.9 Å². The Labute approximate surface area is 100 Å². The molecular formula is C9H17NO6S. The van der Waals surface area contributed by atoms with Gasteiger partial charge < -0.3 is 9.84 Å². The molecule has 8 heteroatoms. The highest BCUT2D eigenvalue weighted by Crippen LogP contribution is 2.07. The van der Waals surface area contributed by atoms with E-state index in [1.165, 1.54) is 0 Å². The molecular weight excluding hydrogens is 250 g/mol. The van der Waals surface area contributed by atoms with Crippen LogP contribution in [0.1, 0.15) is 33.6 Å². The van der Waals surface area contributed by atoms with Gasteiger partial charge in [0, 0.05) is 6.42 Å². The Bertz CT molecular complexity index is 381. The predicted octanol–water partition coefficient (Wildman–Crippen LogP) is 0.706. The molecule has 2 N–H and O–H groups in total. The van der Waals surface area contributed by atoms with Gasteiger partial charge in [0.15, 0.2) is 0 Å². The number of carboxylic acid groups (broad SMARTS) is 1. The van der Waals surface area contributed by atoms with Gasteiger partial charge in [-0.1, -0.05) is 0 Å². The van der Waals surface area contributed by atoms with Gasteiger partial charge >= 0.3 is 12.1 Å². The lowest BCUT2D eigenvalue weighted by Crippen LogP contribution is -2.37. The van der Waals surface area contributed by atoms with E-state index in [2.05, 4.69) is 0 Å². The first kappa shape index (κ1) is 15.7. The van der Waals surface area contributed by atoms with Gasteiger partial charge in [-0.3, -0.25) is 4.79 Å². The Kier molecular flexibility index (Phi) is 5.40. The largest absolute Gasteiger partial charge is 0.481 e. The van der Waals surface area contributed by atoms with Crippen molar-refractivity contribution in [3.8, 4) is 0 Å². The Morgan fingerprint density at radius 1 is 1.29 bits per heavy atom. The van der Waals surface area contributed by atoms with Gasteiger partial charge in [0.2, 0.25) is 10.0 Å². The van der Waals surface area contributed by atoms with Crippen molar-refractivity contribution in [3.63, 3.8) is 0 Å². The third-order valence-corrected chi connectivity index (χ3v) is 2.75. The summed E-state index contributed by atoms with van der Waals surface area (Å²) < 4.78 is 29.1. The summed E-state index contributed by atoms with van der Waals surface area (Å²) in [6.45, 7) is 4.80. The van der Waals surface area contributed by atoms with Gasteiger partial charge in [0.05, 0.1) is 5.75 Å². The van der Waals surface area contributed by atoms with E-state index in [1.54, 1.807) is 25.5 Å². The summed E-state index contributed by atoms with van der Waals surface area (Å²) in [6.07, 6.45) is -1.39. The molecule has 0 aliphatic rings. The van der Waals surface area contributed by atoms with Crippen molar-refractivity contribution >= 4 is 22.1 Å². The highest BCUT2D eigenvalue weighted by atomic mass is 32.2. The number of aliphatic carboxylic acids is 1. The smallest absolute Gasteiger partial charge is 0.421 e. The van der Waals surface area contributed by atoms with Crippen LogP contribution in [0.5, 0.6) is 0 Å². The first-order valence-corrected chi connectivity index (χ1v) is 6.62. The highest BCUT2D eigenvalue weighted by molar-refractivity contribution is 7.90. The van der Waals surface area contributed by atoms with Crippen molar-refractivity contribution < 1.29 is 27.9 Å². The molecule has 17 heavy (non-hydrogen) atoms. The van der Waals surface area contributed by atoms with Crippen molar-refractivity contribution in [2.75, 3.05) is 5.75 Å². The highest BCUT2D eigenvalue weighted by Gasteiger charge is 2.21. The SMILES string of the molecule is CC(C)(C)OC(=O)NS(=O)(=O)CCCC(=O)O. The lowest BCUT2D eigenvalue weighted by Gasteiger charge is -2.19. The van der Waals surface area contributed by atoms with Crippen LogP contribution in [0.3, 0.4) is 0 Å². The van der Waals surface area contributed by atoms with E-state index in [9.17, 15) is 18.0 Å². The Hall–Kier alpha value is -1.31. The van der Waals surface area contributed by atoms with E-state index >= 15 is 0 Å². The van der Waals surface area contributed by atoms with E-state index in [0.717, 1.165) is 0 Å². The number of ether oxygens (including phenoxy) is 1. The quantitative estimate of drug-likeness (QED) is 0.759. The third-order valence-electron chi connectivity index (χ3n) is 1.44. The van der Waals surface area contributed by atoms with Crippen LogP contribution in [0, 0.1) is 0 Å². The molecule has 0 fully saturated rings. The summed E-state index contributed by atoms with van der Waals surface area (Å²) in [5.74, 6) is -1.52. The molecule has 0 heterocycles. The summed E-state index contributed by atoms with van der Waals surface area (Å²) in [5, 5.41) is 8.34. The molecule has 0 aromatic heterocycles. The number of hydrogen-bond acceptors (Lipinski definition) is 5. The van der Waals surface area contributed by atoms with E-state index in [0.29, 0.717) is 0 Å². The predicted molar refractivity (Wildman–Crippen MR) is 60.0 cm³/mol. The van der Waals surface area contributed by atoms with Crippen LogP contribution in [0.25, 0.3) is 0 Å². The van der Waals surface area contributed by atoms with Crippen molar-refractivity contribution in [1.29, 1.82) is 0 Å². The molecule has 0 aromatic carbocycles. The van der Waals surface area contributed by atoms with Crippen molar-refractivity contribution in [2.45, 2.75) is 39.2 Å². The number of hydrogen-bond donors (Lipinski definition) is 2. The summed E-state index contributed by atoms with van der Waals surface area (Å²) >= 11 is 0. The first-order valence-electron chi connectivity index (χ1n) is 4.97. The van der Waals surface area contributed by atoms with E-state index in [4.69, 9.17) is 9.84 Å². The van der Waals surface area contributed by atoms with Gasteiger partial charge in [-0.2, -0.15) is 0 Å². The van der Waals surface area contributed by atoms with Crippen LogP contribution in [-0.4, -0.2) is 36.9 Å². The Morgan fingerprint density at radius 3 is 2.24 bits per heavy atom. The number of amides is 1. The summed E-state index contributed by atoms with van der Waals surface area (Å²) in [6, 6.07) is 0. The standard InChI is InChI=1S/C9H17NO6S/c1-9(2,3)16-8(13)10-17(14,15)6-4-5-7(11)12/h4-6H2,1-3H3,(H,10,13)(H,11,12). The molecule has 0 bridgehead atoms. The minimum atomic E-state index is -3.84. The molecule has 0 saturated carbocycles.